The van der Waals surface area contributed by atoms with Gasteiger partial charge in [0.25, 0.3) is 11.4 Å². The fourth-order valence-electron chi connectivity index (χ4n) is 2.33. The van der Waals surface area contributed by atoms with E-state index in [0.29, 0.717) is 0 Å². The maximum Gasteiger partial charge on any atom is 0.299 e. The Morgan fingerprint density at radius 3 is 2.15 bits per heavy atom. The van der Waals surface area contributed by atoms with E-state index in [0.717, 1.165) is 29.3 Å². The average molecular weight is 369 g/mol. The smallest absolute Gasteiger partial charge is 0.299 e. The predicted molar refractivity (Wildman–Crippen MR) is 103 cm³/mol. The molecule has 0 fully saturated rings. The van der Waals surface area contributed by atoms with Crippen molar-refractivity contribution in [1.29, 1.82) is 0 Å². The van der Waals surface area contributed by atoms with Gasteiger partial charge in [-0.15, -0.1) is 0 Å². The number of rotatable bonds is 5. The Bertz CT molecular complexity index is 912. The van der Waals surface area contributed by atoms with Crippen molar-refractivity contribution in [3.05, 3.63) is 79.9 Å². The highest BCUT2D eigenvalue weighted by Crippen LogP contribution is 2.29. The van der Waals surface area contributed by atoms with Crippen LogP contribution in [0.1, 0.15) is 31.9 Å². The molecule has 0 atom stereocenters. The third-order valence-electron chi connectivity index (χ3n) is 3.85. The number of amides is 1. The summed E-state index contributed by atoms with van der Waals surface area (Å²) in [5.74, 6) is -0.577. The lowest BCUT2D eigenvalue weighted by molar-refractivity contribution is -0.393. The molecule has 140 valence electrons. The molecule has 0 saturated carbocycles. The minimum Gasteiger partial charge on any atom is -0.317 e. The van der Waals surface area contributed by atoms with Crippen LogP contribution in [0.5, 0.6) is 0 Å². The zero-order valence-corrected chi connectivity index (χ0v) is 15.1. The van der Waals surface area contributed by atoms with E-state index in [1.54, 1.807) is 6.08 Å². The molecule has 0 heterocycles. The summed E-state index contributed by atoms with van der Waals surface area (Å²) in [5, 5.41) is 24.2. The first-order chi connectivity index (χ1) is 12.6. The van der Waals surface area contributed by atoms with Crippen LogP contribution in [-0.4, -0.2) is 15.8 Å². The number of benzene rings is 2. The molecular weight excluding hydrogens is 350 g/mol. The minimum absolute atomic E-state index is 0.0223. The number of hydrogen-bond acceptors (Lipinski definition) is 5. The van der Waals surface area contributed by atoms with Crippen LogP contribution < -0.4 is 5.32 Å². The molecule has 2 aromatic rings. The van der Waals surface area contributed by atoms with Crippen molar-refractivity contribution < 1.29 is 14.6 Å². The highest BCUT2D eigenvalue weighted by molar-refractivity contribution is 6.03. The van der Waals surface area contributed by atoms with Crippen molar-refractivity contribution in [2.45, 2.75) is 26.2 Å². The molecule has 27 heavy (non-hydrogen) atoms. The van der Waals surface area contributed by atoms with Gasteiger partial charge in [0, 0.05) is 12.1 Å². The zero-order valence-electron chi connectivity index (χ0n) is 15.1. The lowest BCUT2D eigenvalue weighted by Crippen LogP contribution is -2.10. The van der Waals surface area contributed by atoms with Crippen LogP contribution in [0.4, 0.5) is 17.1 Å². The van der Waals surface area contributed by atoms with Gasteiger partial charge < -0.3 is 5.32 Å². The quantitative estimate of drug-likeness (QED) is 0.475. The van der Waals surface area contributed by atoms with E-state index in [1.807, 2.05) is 24.3 Å². The molecule has 8 nitrogen and oxygen atoms in total. The highest BCUT2D eigenvalue weighted by Gasteiger charge is 2.20. The van der Waals surface area contributed by atoms with Crippen LogP contribution in [-0.2, 0) is 10.2 Å². The number of carbonyl (C=O) groups excluding carboxylic acids is 1. The summed E-state index contributed by atoms with van der Waals surface area (Å²) in [4.78, 5) is 32.4. The molecular formula is C19H19N3O5. The Morgan fingerprint density at radius 1 is 1.00 bits per heavy atom. The van der Waals surface area contributed by atoms with Gasteiger partial charge >= 0.3 is 0 Å². The second kappa shape index (κ2) is 7.77. The molecule has 0 aromatic heterocycles. The van der Waals surface area contributed by atoms with Gasteiger partial charge in [0.05, 0.1) is 15.9 Å². The highest BCUT2D eigenvalue weighted by atomic mass is 16.6. The average Bonchev–Trinajstić information content (AvgIpc) is 2.59. The number of nitro benzene ring substituents is 2. The van der Waals surface area contributed by atoms with E-state index >= 15 is 0 Å². The second-order valence-electron chi connectivity index (χ2n) is 6.91. The van der Waals surface area contributed by atoms with E-state index in [-0.39, 0.29) is 11.1 Å². The molecule has 0 aliphatic rings. The van der Waals surface area contributed by atoms with E-state index in [9.17, 15) is 25.0 Å². The van der Waals surface area contributed by atoms with Gasteiger partial charge in [-0.3, -0.25) is 25.0 Å². The summed E-state index contributed by atoms with van der Waals surface area (Å²) in [7, 11) is 0. The Labute approximate surface area is 155 Å². The van der Waals surface area contributed by atoms with Gasteiger partial charge in [-0.2, -0.15) is 0 Å². The molecule has 0 aliphatic carbocycles. The topological polar surface area (TPSA) is 115 Å². The molecule has 0 bridgehead atoms. The predicted octanol–water partition coefficient (Wildman–Crippen LogP) is 4.45. The lowest BCUT2D eigenvalue weighted by Gasteiger charge is -2.18. The Kier molecular flexibility index (Phi) is 5.69. The van der Waals surface area contributed by atoms with Crippen molar-refractivity contribution in [1.82, 2.24) is 0 Å². The number of carbonyl (C=O) groups is 1. The standard InChI is InChI=1S/C19H19N3O5/c1-19(2,3)14-7-4-13(5-8-14)6-11-18(23)20-16-10-9-15(21(24)25)12-17(16)22(26)27/h4-12H,1-3H3,(H,20,23). The van der Waals surface area contributed by atoms with Crippen molar-refractivity contribution in [3.8, 4) is 0 Å². The molecule has 0 aliphatic heterocycles. The van der Waals surface area contributed by atoms with Gasteiger partial charge in [-0.1, -0.05) is 45.0 Å². The number of nitrogens with zero attached hydrogens (tertiary/aromatic N) is 2. The van der Waals surface area contributed by atoms with Crippen LogP contribution in [0.25, 0.3) is 6.08 Å². The zero-order chi connectivity index (χ0) is 20.2. The van der Waals surface area contributed by atoms with E-state index in [1.165, 1.54) is 6.08 Å². The SMILES string of the molecule is CC(C)(C)c1ccc(C=CC(=O)Nc2ccc([N+](=O)[O-])cc2[N+](=O)[O-])cc1. The van der Waals surface area contributed by atoms with Crippen molar-refractivity contribution >= 4 is 29.0 Å². The normalized spacial score (nSPS) is 11.4. The van der Waals surface area contributed by atoms with E-state index < -0.39 is 27.1 Å². The van der Waals surface area contributed by atoms with E-state index in [2.05, 4.69) is 26.1 Å². The maximum absolute atomic E-state index is 12.1. The van der Waals surface area contributed by atoms with E-state index in [4.69, 9.17) is 0 Å². The molecule has 8 heteroatoms. The Hall–Kier alpha value is -3.55. The third kappa shape index (κ3) is 5.21. The summed E-state index contributed by atoms with van der Waals surface area (Å²) in [5.41, 5.74) is 0.911. The number of nitro groups is 2. The second-order valence-corrected chi connectivity index (χ2v) is 6.91. The molecule has 1 amide bonds. The molecule has 0 spiro atoms. The van der Waals surface area contributed by atoms with Crippen LogP contribution >= 0.6 is 0 Å². The molecule has 0 saturated heterocycles. The van der Waals surface area contributed by atoms with Crippen molar-refractivity contribution in [2.24, 2.45) is 0 Å². The summed E-state index contributed by atoms with van der Waals surface area (Å²) in [6.07, 6.45) is 2.83. The molecule has 1 N–H and O–H groups in total. The number of anilines is 1. The van der Waals surface area contributed by atoms with Crippen molar-refractivity contribution in [3.63, 3.8) is 0 Å². The van der Waals surface area contributed by atoms with Crippen LogP contribution in [0.15, 0.2) is 48.5 Å². The van der Waals surface area contributed by atoms with Gasteiger partial charge in [0.15, 0.2) is 0 Å². The minimum atomic E-state index is -0.780. The molecule has 2 rings (SSSR count). The van der Waals surface area contributed by atoms with Crippen molar-refractivity contribution in [2.75, 3.05) is 5.32 Å². The largest absolute Gasteiger partial charge is 0.317 e. The van der Waals surface area contributed by atoms with Gasteiger partial charge in [0.1, 0.15) is 5.69 Å². The molecule has 2 aromatic carbocycles. The van der Waals surface area contributed by atoms with Crippen LogP contribution in [0.2, 0.25) is 0 Å². The lowest BCUT2D eigenvalue weighted by atomic mass is 9.87. The van der Waals surface area contributed by atoms with Crippen LogP contribution in [0, 0.1) is 20.2 Å². The summed E-state index contributed by atoms with van der Waals surface area (Å²) in [6, 6.07) is 10.7. The summed E-state index contributed by atoms with van der Waals surface area (Å²) in [6.45, 7) is 6.30. The summed E-state index contributed by atoms with van der Waals surface area (Å²) >= 11 is 0. The Morgan fingerprint density at radius 2 is 1.63 bits per heavy atom. The first kappa shape index (κ1) is 19.8. The number of nitrogens with one attached hydrogen (secondary N) is 1. The first-order valence-electron chi connectivity index (χ1n) is 8.10. The van der Waals surface area contributed by atoms with Gasteiger partial charge in [-0.25, -0.2) is 0 Å². The monoisotopic (exact) mass is 369 g/mol. The third-order valence-corrected chi connectivity index (χ3v) is 3.85. The Balaban J connectivity index is 2.14. The fraction of sp³-hybridized carbons (Fsp3) is 0.211. The first-order valence-corrected chi connectivity index (χ1v) is 8.10. The maximum atomic E-state index is 12.1. The summed E-state index contributed by atoms with van der Waals surface area (Å²) < 4.78 is 0. The molecule has 0 radical (unpaired) electrons. The van der Waals surface area contributed by atoms with Gasteiger partial charge in [-0.05, 0) is 28.7 Å². The van der Waals surface area contributed by atoms with Crippen LogP contribution in [0.3, 0.4) is 0 Å². The fourth-order valence-corrected chi connectivity index (χ4v) is 2.33. The number of hydrogen-bond donors (Lipinski definition) is 1. The molecule has 0 unspecified atom stereocenters. The van der Waals surface area contributed by atoms with Gasteiger partial charge in [0.2, 0.25) is 5.91 Å². The number of non-ortho nitro benzene ring substituents is 1.